The Balaban J connectivity index is 1.57. The highest BCUT2D eigenvalue weighted by Crippen LogP contribution is 2.25. The maximum absolute atomic E-state index is 5.27. The summed E-state index contributed by atoms with van der Waals surface area (Å²) < 4.78 is 5.27. The number of rotatable bonds is 6. The number of benzene rings is 4. The summed E-state index contributed by atoms with van der Waals surface area (Å²) in [7, 11) is 1.68. The van der Waals surface area contributed by atoms with Crippen LogP contribution < -0.4 is 10.1 Å². The highest BCUT2D eigenvalue weighted by atomic mass is 16.5. The van der Waals surface area contributed by atoms with Crippen LogP contribution >= 0.6 is 0 Å². The van der Waals surface area contributed by atoms with Crippen molar-refractivity contribution < 1.29 is 4.74 Å². The Kier molecular flexibility index (Phi) is 6.32. The Morgan fingerprint density at radius 3 is 2.30 bits per heavy atom. The minimum Gasteiger partial charge on any atom is -0.497 e. The summed E-state index contributed by atoms with van der Waals surface area (Å²) >= 11 is 0. The first kappa shape index (κ1) is 19.6. The average molecular weight is 392 g/mol. The molecule has 0 aromatic heterocycles. The molecular weight excluding hydrogens is 366 g/mol. The van der Waals surface area contributed by atoms with E-state index in [0.717, 1.165) is 29.8 Å². The quantitative estimate of drug-likeness (QED) is 0.372. The van der Waals surface area contributed by atoms with E-state index in [4.69, 9.17) is 4.74 Å². The van der Waals surface area contributed by atoms with Crippen LogP contribution in [0.2, 0.25) is 0 Å². The van der Waals surface area contributed by atoms with Crippen molar-refractivity contribution in [2.45, 2.75) is 18.9 Å². The number of aryl methyl sites for hydroxylation is 1. The highest BCUT2D eigenvalue weighted by Gasteiger charge is 2.09. The highest BCUT2D eigenvalue weighted by molar-refractivity contribution is 5.83. The molecule has 0 fully saturated rings. The fourth-order valence-corrected chi connectivity index (χ4v) is 3.47. The Hall–Kier alpha value is -3.70. The Morgan fingerprint density at radius 2 is 1.53 bits per heavy atom. The van der Waals surface area contributed by atoms with Crippen molar-refractivity contribution in [2.24, 2.45) is 0 Å². The van der Waals surface area contributed by atoms with Crippen molar-refractivity contribution in [3.8, 4) is 17.6 Å². The first-order valence-corrected chi connectivity index (χ1v) is 10.2. The number of methoxy groups -OCH3 is 1. The van der Waals surface area contributed by atoms with E-state index in [1.54, 1.807) is 7.11 Å². The van der Waals surface area contributed by atoms with Crippen LogP contribution in [0.1, 0.15) is 23.6 Å². The number of anilines is 1. The van der Waals surface area contributed by atoms with E-state index in [9.17, 15) is 0 Å². The molecule has 2 nitrogen and oxygen atoms in total. The zero-order valence-corrected chi connectivity index (χ0v) is 17.1. The van der Waals surface area contributed by atoms with Gasteiger partial charge in [-0.3, -0.25) is 0 Å². The molecule has 4 rings (SSSR count). The van der Waals surface area contributed by atoms with Gasteiger partial charge in [0.05, 0.1) is 7.11 Å². The Labute approximate surface area is 178 Å². The van der Waals surface area contributed by atoms with E-state index in [1.807, 2.05) is 30.3 Å². The standard InChI is InChI=1S/C28H25NO/c1-30-27-19-17-26(18-20-27)29-28(14-8-5-11-22-9-3-2-4-10-22)25-16-15-23-12-6-7-13-24(23)21-25/h2-4,6-7,9-10,12-13,15-21,28-29H,5,11H2,1H3/t28-/m0/s1. The third-order valence-electron chi connectivity index (χ3n) is 5.14. The first-order valence-electron chi connectivity index (χ1n) is 10.2. The number of fused-ring (bicyclic) bond motifs is 1. The zero-order valence-electron chi connectivity index (χ0n) is 17.1. The lowest BCUT2D eigenvalue weighted by atomic mass is 10.0. The summed E-state index contributed by atoms with van der Waals surface area (Å²) in [4.78, 5) is 0. The molecule has 148 valence electrons. The number of hydrogen-bond acceptors (Lipinski definition) is 2. The van der Waals surface area contributed by atoms with Gasteiger partial charge in [0.2, 0.25) is 0 Å². The normalized spacial score (nSPS) is 11.4. The van der Waals surface area contributed by atoms with E-state index in [1.165, 1.54) is 16.3 Å². The lowest BCUT2D eigenvalue weighted by molar-refractivity contribution is 0.415. The molecule has 30 heavy (non-hydrogen) atoms. The second-order valence-corrected chi connectivity index (χ2v) is 7.22. The molecule has 1 N–H and O–H groups in total. The van der Waals surface area contributed by atoms with E-state index in [0.29, 0.717) is 0 Å². The van der Waals surface area contributed by atoms with Gasteiger partial charge in [-0.15, -0.1) is 5.92 Å². The molecule has 0 bridgehead atoms. The summed E-state index contributed by atoms with van der Waals surface area (Å²) in [6.07, 6.45) is 1.79. The number of nitrogens with one attached hydrogen (secondary N) is 1. The lowest BCUT2D eigenvalue weighted by Gasteiger charge is -2.16. The van der Waals surface area contributed by atoms with Crippen LogP contribution in [-0.2, 0) is 6.42 Å². The van der Waals surface area contributed by atoms with Crippen molar-refractivity contribution in [1.29, 1.82) is 0 Å². The number of hydrogen-bond donors (Lipinski definition) is 1. The van der Waals surface area contributed by atoms with Gasteiger partial charge in [-0.2, -0.15) is 0 Å². The van der Waals surface area contributed by atoms with Crippen LogP contribution in [0.3, 0.4) is 0 Å². The maximum atomic E-state index is 5.27. The average Bonchev–Trinajstić information content (AvgIpc) is 2.82. The van der Waals surface area contributed by atoms with Gasteiger partial charge in [0.15, 0.2) is 0 Å². The fraction of sp³-hybridized carbons (Fsp3) is 0.143. The molecule has 0 aliphatic rings. The van der Waals surface area contributed by atoms with Crippen LogP contribution in [0.15, 0.2) is 97.1 Å². The second-order valence-electron chi connectivity index (χ2n) is 7.22. The minimum atomic E-state index is -0.0845. The van der Waals surface area contributed by atoms with Crippen molar-refractivity contribution in [1.82, 2.24) is 0 Å². The first-order chi connectivity index (χ1) is 14.8. The molecule has 0 aliphatic heterocycles. The van der Waals surface area contributed by atoms with Gasteiger partial charge in [-0.05, 0) is 58.7 Å². The SMILES string of the molecule is COc1ccc(N[C@@H](C#CCCc2ccccc2)c2ccc3ccccc3c2)cc1. The van der Waals surface area contributed by atoms with E-state index < -0.39 is 0 Å². The smallest absolute Gasteiger partial charge is 0.119 e. The third kappa shape index (κ3) is 5.01. The summed E-state index contributed by atoms with van der Waals surface area (Å²) in [5.41, 5.74) is 3.50. The van der Waals surface area contributed by atoms with Gasteiger partial charge >= 0.3 is 0 Å². The molecule has 0 saturated heterocycles. The zero-order chi connectivity index (χ0) is 20.6. The lowest BCUT2D eigenvalue weighted by Crippen LogP contribution is -2.08. The van der Waals surface area contributed by atoms with Crippen molar-refractivity contribution >= 4 is 16.5 Å². The molecule has 0 saturated carbocycles. The van der Waals surface area contributed by atoms with Crippen LogP contribution in [0.25, 0.3) is 10.8 Å². The monoisotopic (exact) mass is 391 g/mol. The van der Waals surface area contributed by atoms with Crippen molar-refractivity contribution in [3.63, 3.8) is 0 Å². The summed E-state index contributed by atoms with van der Waals surface area (Å²) in [5, 5.41) is 6.04. The number of ether oxygens (including phenoxy) is 1. The Bertz CT molecular complexity index is 1150. The van der Waals surface area contributed by atoms with Gasteiger partial charge in [-0.1, -0.05) is 72.7 Å². The second kappa shape index (κ2) is 9.67. The summed E-state index contributed by atoms with van der Waals surface area (Å²) in [6, 6.07) is 33.4. The molecule has 0 spiro atoms. The van der Waals surface area contributed by atoms with Crippen LogP contribution in [0, 0.1) is 11.8 Å². The predicted molar refractivity (Wildman–Crippen MR) is 126 cm³/mol. The van der Waals surface area contributed by atoms with Crippen molar-refractivity contribution in [3.05, 3.63) is 108 Å². The van der Waals surface area contributed by atoms with Gasteiger partial charge in [0.1, 0.15) is 11.8 Å². The topological polar surface area (TPSA) is 21.3 Å². The molecule has 2 heteroatoms. The van der Waals surface area contributed by atoms with E-state index in [-0.39, 0.29) is 6.04 Å². The minimum absolute atomic E-state index is 0.0845. The summed E-state index contributed by atoms with van der Waals surface area (Å²) in [6.45, 7) is 0. The van der Waals surface area contributed by atoms with Gasteiger partial charge < -0.3 is 10.1 Å². The van der Waals surface area contributed by atoms with Gasteiger partial charge in [0.25, 0.3) is 0 Å². The van der Waals surface area contributed by atoms with E-state index in [2.05, 4.69) is 83.9 Å². The van der Waals surface area contributed by atoms with Gasteiger partial charge in [-0.25, -0.2) is 0 Å². The predicted octanol–water partition coefficient (Wildman–Crippen LogP) is 6.64. The molecule has 0 amide bonds. The molecule has 4 aromatic carbocycles. The van der Waals surface area contributed by atoms with Crippen LogP contribution in [-0.4, -0.2) is 7.11 Å². The largest absolute Gasteiger partial charge is 0.497 e. The Morgan fingerprint density at radius 1 is 0.800 bits per heavy atom. The third-order valence-corrected chi connectivity index (χ3v) is 5.14. The van der Waals surface area contributed by atoms with Crippen LogP contribution in [0.4, 0.5) is 5.69 Å². The molecule has 0 radical (unpaired) electrons. The molecule has 0 unspecified atom stereocenters. The molecule has 4 aromatic rings. The van der Waals surface area contributed by atoms with Crippen molar-refractivity contribution in [2.75, 3.05) is 12.4 Å². The van der Waals surface area contributed by atoms with Gasteiger partial charge in [0, 0.05) is 12.1 Å². The van der Waals surface area contributed by atoms with Crippen LogP contribution in [0.5, 0.6) is 5.75 Å². The fourth-order valence-electron chi connectivity index (χ4n) is 3.47. The summed E-state index contributed by atoms with van der Waals surface area (Å²) in [5.74, 6) is 7.69. The molecule has 1 atom stereocenters. The maximum Gasteiger partial charge on any atom is 0.119 e. The van der Waals surface area contributed by atoms with E-state index >= 15 is 0 Å². The molecular formula is C28H25NO. The molecule has 0 aliphatic carbocycles. The molecule has 0 heterocycles.